The molecule has 4 nitrogen and oxygen atoms in total. The second-order valence-corrected chi connectivity index (χ2v) is 6.50. The summed E-state index contributed by atoms with van der Waals surface area (Å²) in [5, 5.41) is 8.96. The summed E-state index contributed by atoms with van der Waals surface area (Å²) in [7, 11) is 0. The highest BCUT2D eigenvalue weighted by Gasteiger charge is 2.31. The SMILES string of the molecule is O=C(O)CC1CCCN1CC1Cc2cc(Br)ccc2O1. The third-order valence-corrected chi connectivity index (χ3v) is 4.60. The Bertz CT molecular complexity index is 520. The van der Waals surface area contributed by atoms with Gasteiger partial charge in [0.1, 0.15) is 11.9 Å². The van der Waals surface area contributed by atoms with Crippen LogP contribution >= 0.6 is 15.9 Å². The molecule has 2 aliphatic rings. The number of carboxylic acid groups (broad SMARTS) is 1. The molecular formula is C15H18BrNO3. The van der Waals surface area contributed by atoms with Gasteiger partial charge in [-0.15, -0.1) is 0 Å². The largest absolute Gasteiger partial charge is 0.488 e. The second kappa shape index (κ2) is 5.74. The quantitative estimate of drug-likeness (QED) is 0.916. The summed E-state index contributed by atoms with van der Waals surface area (Å²) in [5.41, 5.74) is 1.23. The summed E-state index contributed by atoms with van der Waals surface area (Å²) in [5.74, 6) is 0.258. The molecule has 108 valence electrons. The molecule has 0 radical (unpaired) electrons. The fourth-order valence-corrected chi connectivity index (χ4v) is 3.63. The lowest BCUT2D eigenvalue weighted by Gasteiger charge is -2.25. The number of aliphatic carboxylic acids is 1. The van der Waals surface area contributed by atoms with Gasteiger partial charge in [-0.25, -0.2) is 0 Å². The van der Waals surface area contributed by atoms with Crippen LogP contribution in [-0.2, 0) is 11.2 Å². The zero-order valence-corrected chi connectivity index (χ0v) is 12.8. The number of carboxylic acids is 1. The van der Waals surface area contributed by atoms with Gasteiger partial charge in [-0.05, 0) is 43.1 Å². The molecule has 2 unspecified atom stereocenters. The normalized spacial score (nSPS) is 25.4. The molecule has 0 aromatic heterocycles. The third kappa shape index (κ3) is 2.99. The molecule has 3 rings (SSSR count). The van der Waals surface area contributed by atoms with E-state index in [1.165, 1.54) is 5.56 Å². The molecule has 0 spiro atoms. The van der Waals surface area contributed by atoms with Crippen LogP contribution in [0.1, 0.15) is 24.8 Å². The number of fused-ring (bicyclic) bond motifs is 1. The van der Waals surface area contributed by atoms with E-state index < -0.39 is 5.97 Å². The number of benzene rings is 1. The highest BCUT2D eigenvalue weighted by molar-refractivity contribution is 9.10. The Balaban J connectivity index is 1.61. The number of halogens is 1. The van der Waals surface area contributed by atoms with Crippen molar-refractivity contribution in [3.05, 3.63) is 28.2 Å². The van der Waals surface area contributed by atoms with E-state index in [1.807, 2.05) is 12.1 Å². The number of likely N-dealkylation sites (tertiary alicyclic amines) is 1. The number of rotatable bonds is 4. The summed E-state index contributed by atoms with van der Waals surface area (Å²) < 4.78 is 7.04. The average Bonchev–Trinajstić information content (AvgIpc) is 2.95. The molecule has 0 bridgehead atoms. The van der Waals surface area contributed by atoms with E-state index in [-0.39, 0.29) is 18.6 Å². The minimum Gasteiger partial charge on any atom is -0.488 e. The third-order valence-electron chi connectivity index (χ3n) is 4.11. The molecule has 1 aromatic rings. The van der Waals surface area contributed by atoms with E-state index >= 15 is 0 Å². The Morgan fingerprint density at radius 2 is 2.35 bits per heavy atom. The zero-order chi connectivity index (χ0) is 14.1. The number of hydrogen-bond donors (Lipinski definition) is 1. The Hall–Kier alpha value is -1.07. The summed E-state index contributed by atoms with van der Waals surface area (Å²) in [6, 6.07) is 6.27. The van der Waals surface area contributed by atoms with Crippen molar-refractivity contribution in [2.24, 2.45) is 0 Å². The number of hydrogen-bond acceptors (Lipinski definition) is 3. The van der Waals surface area contributed by atoms with Crippen LogP contribution in [0, 0.1) is 0 Å². The van der Waals surface area contributed by atoms with Gasteiger partial charge in [0.05, 0.1) is 6.42 Å². The molecule has 20 heavy (non-hydrogen) atoms. The molecule has 0 amide bonds. The van der Waals surface area contributed by atoms with Crippen LogP contribution < -0.4 is 4.74 Å². The first-order valence-electron chi connectivity index (χ1n) is 7.03. The molecule has 1 N–H and O–H groups in total. The maximum atomic E-state index is 10.9. The Morgan fingerprint density at radius 1 is 1.50 bits per heavy atom. The average molecular weight is 340 g/mol. The van der Waals surface area contributed by atoms with Gasteiger partial charge in [0.2, 0.25) is 0 Å². The maximum Gasteiger partial charge on any atom is 0.304 e. The van der Waals surface area contributed by atoms with Gasteiger partial charge in [-0.2, -0.15) is 0 Å². The van der Waals surface area contributed by atoms with Crippen LogP contribution in [0.3, 0.4) is 0 Å². The van der Waals surface area contributed by atoms with Crippen LogP contribution in [0.25, 0.3) is 0 Å². The van der Waals surface area contributed by atoms with E-state index in [0.29, 0.717) is 0 Å². The van der Waals surface area contributed by atoms with Gasteiger partial charge in [0.15, 0.2) is 0 Å². The molecule has 1 fully saturated rings. The molecular weight excluding hydrogens is 322 g/mol. The summed E-state index contributed by atoms with van der Waals surface area (Å²) in [6.07, 6.45) is 3.37. The topological polar surface area (TPSA) is 49.8 Å². The Kier molecular flexibility index (Phi) is 3.98. The first-order chi connectivity index (χ1) is 9.61. The molecule has 0 aliphatic carbocycles. The lowest BCUT2D eigenvalue weighted by molar-refractivity contribution is -0.138. The van der Waals surface area contributed by atoms with Gasteiger partial charge in [-0.3, -0.25) is 9.69 Å². The number of nitrogens with zero attached hydrogens (tertiary/aromatic N) is 1. The fourth-order valence-electron chi connectivity index (χ4n) is 3.22. The van der Waals surface area contributed by atoms with E-state index in [4.69, 9.17) is 9.84 Å². The monoisotopic (exact) mass is 339 g/mol. The summed E-state index contributed by atoms with van der Waals surface area (Å²) in [6.45, 7) is 1.81. The van der Waals surface area contributed by atoms with Gasteiger partial charge in [0, 0.05) is 23.5 Å². The van der Waals surface area contributed by atoms with E-state index in [0.717, 1.165) is 42.6 Å². The van der Waals surface area contributed by atoms with Crippen molar-refractivity contribution in [1.29, 1.82) is 0 Å². The first-order valence-corrected chi connectivity index (χ1v) is 7.82. The maximum absolute atomic E-state index is 10.9. The Morgan fingerprint density at radius 3 is 3.15 bits per heavy atom. The summed E-state index contributed by atoms with van der Waals surface area (Å²) >= 11 is 3.48. The summed E-state index contributed by atoms with van der Waals surface area (Å²) in [4.78, 5) is 13.2. The fraction of sp³-hybridized carbons (Fsp3) is 0.533. The molecule has 0 saturated carbocycles. The van der Waals surface area contributed by atoms with Crippen LogP contribution in [0.5, 0.6) is 5.75 Å². The molecule has 1 aromatic carbocycles. The van der Waals surface area contributed by atoms with E-state index in [2.05, 4.69) is 26.9 Å². The van der Waals surface area contributed by atoms with Gasteiger partial charge < -0.3 is 9.84 Å². The highest BCUT2D eigenvalue weighted by atomic mass is 79.9. The van der Waals surface area contributed by atoms with Gasteiger partial charge in [0.25, 0.3) is 0 Å². The standard InChI is InChI=1S/C15H18BrNO3/c16-11-3-4-14-10(6-11)7-13(20-14)9-17-5-1-2-12(17)8-15(18)19/h3-4,6,12-13H,1-2,5,7-9H2,(H,18,19). The lowest BCUT2D eigenvalue weighted by atomic mass is 10.1. The van der Waals surface area contributed by atoms with Gasteiger partial charge >= 0.3 is 5.97 Å². The predicted octanol–water partition coefficient (Wildman–Crippen LogP) is 2.69. The van der Waals surface area contributed by atoms with Crippen molar-refractivity contribution >= 4 is 21.9 Å². The van der Waals surface area contributed by atoms with E-state index in [1.54, 1.807) is 0 Å². The van der Waals surface area contributed by atoms with Crippen molar-refractivity contribution in [1.82, 2.24) is 4.90 Å². The first kappa shape index (κ1) is 13.9. The van der Waals surface area contributed by atoms with Crippen LogP contribution in [0.2, 0.25) is 0 Å². The number of ether oxygens (including phenoxy) is 1. The highest BCUT2D eigenvalue weighted by Crippen LogP contribution is 2.32. The van der Waals surface area contributed by atoms with Crippen molar-refractivity contribution in [2.75, 3.05) is 13.1 Å². The van der Waals surface area contributed by atoms with Crippen molar-refractivity contribution < 1.29 is 14.6 Å². The molecule has 2 atom stereocenters. The van der Waals surface area contributed by atoms with Crippen LogP contribution in [-0.4, -0.2) is 41.2 Å². The van der Waals surface area contributed by atoms with Crippen LogP contribution in [0.15, 0.2) is 22.7 Å². The van der Waals surface area contributed by atoms with Crippen molar-refractivity contribution in [3.8, 4) is 5.75 Å². The number of carbonyl (C=O) groups is 1. The second-order valence-electron chi connectivity index (χ2n) is 5.58. The minimum atomic E-state index is -0.707. The van der Waals surface area contributed by atoms with Crippen molar-refractivity contribution in [2.45, 2.75) is 37.8 Å². The van der Waals surface area contributed by atoms with Gasteiger partial charge in [-0.1, -0.05) is 15.9 Å². The lowest BCUT2D eigenvalue weighted by Crippen LogP contribution is -2.39. The smallest absolute Gasteiger partial charge is 0.304 e. The molecule has 5 heteroatoms. The Labute approximate surface area is 126 Å². The minimum absolute atomic E-state index is 0.147. The zero-order valence-electron chi connectivity index (χ0n) is 11.2. The predicted molar refractivity (Wildman–Crippen MR) is 79.1 cm³/mol. The van der Waals surface area contributed by atoms with E-state index in [9.17, 15) is 4.79 Å². The van der Waals surface area contributed by atoms with Crippen LogP contribution in [0.4, 0.5) is 0 Å². The molecule has 2 aliphatic heterocycles. The molecule has 2 heterocycles. The molecule has 1 saturated heterocycles. The van der Waals surface area contributed by atoms with Crippen molar-refractivity contribution in [3.63, 3.8) is 0 Å².